The third-order valence-electron chi connectivity index (χ3n) is 2.57. The van der Waals surface area contributed by atoms with E-state index in [9.17, 15) is 0 Å². The van der Waals surface area contributed by atoms with Gasteiger partial charge < -0.3 is 19.9 Å². The van der Waals surface area contributed by atoms with Crippen LogP contribution in [0.3, 0.4) is 0 Å². The van der Waals surface area contributed by atoms with Crippen LogP contribution >= 0.6 is 0 Å². The van der Waals surface area contributed by atoms with Crippen molar-refractivity contribution in [1.29, 1.82) is 0 Å². The molecule has 0 amide bonds. The zero-order chi connectivity index (χ0) is 13.4. The Morgan fingerprint density at radius 3 is 2.56 bits per heavy atom. The summed E-state index contributed by atoms with van der Waals surface area (Å²) in [5.41, 5.74) is 8.15. The number of hydrogen-bond acceptors (Lipinski definition) is 4. The van der Waals surface area contributed by atoms with Crippen LogP contribution < -0.4 is 10.5 Å². The molecule has 1 aromatic rings. The fourth-order valence-corrected chi connectivity index (χ4v) is 1.61. The SMILES string of the molecule is COCCOCCOc1ccc(C)cc1C(C)N. The summed E-state index contributed by atoms with van der Waals surface area (Å²) in [6.45, 7) is 6.27. The lowest BCUT2D eigenvalue weighted by Gasteiger charge is -2.14. The zero-order valence-electron chi connectivity index (χ0n) is 11.4. The number of aryl methyl sites for hydroxylation is 1. The quantitative estimate of drug-likeness (QED) is 0.720. The molecule has 18 heavy (non-hydrogen) atoms. The van der Waals surface area contributed by atoms with Gasteiger partial charge in [0.05, 0.1) is 19.8 Å². The van der Waals surface area contributed by atoms with Gasteiger partial charge in [-0.05, 0) is 19.9 Å². The van der Waals surface area contributed by atoms with E-state index in [4.69, 9.17) is 19.9 Å². The highest BCUT2D eigenvalue weighted by Gasteiger charge is 2.08. The molecule has 102 valence electrons. The van der Waals surface area contributed by atoms with Gasteiger partial charge in [-0.2, -0.15) is 0 Å². The average molecular weight is 253 g/mol. The number of nitrogens with two attached hydrogens (primary N) is 1. The Bertz CT molecular complexity index is 353. The molecular weight excluding hydrogens is 230 g/mol. The lowest BCUT2D eigenvalue weighted by molar-refractivity contribution is 0.0542. The largest absolute Gasteiger partial charge is 0.491 e. The number of rotatable bonds is 8. The van der Waals surface area contributed by atoms with Crippen molar-refractivity contribution in [3.63, 3.8) is 0 Å². The highest BCUT2D eigenvalue weighted by atomic mass is 16.5. The Hall–Kier alpha value is -1.10. The molecule has 0 saturated heterocycles. The molecule has 1 aromatic carbocycles. The number of ether oxygens (including phenoxy) is 3. The molecule has 0 aliphatic rings. The van der Waals surface area contributed by atoms with Crippen LogP contribution in [0.25, 0.3) is 0 Å². The minimum absolute atomic E-state index is 0.0330. The molecule has 0 saturated carbocycles. The lowest BCUT2D eigenvalue weighted by atomic mass is 10.1. The fraction of sp³-hybridized carbons (Fsp3) is 0.571. The van der Waals surface area contributed by atoms with E-state index in [0.29, 0.717) is 26.4 Å². The van der Waals surface area contributed by atoms with Gasteiger partial charge in [-0.1, -0.05) is 17.7 Å². The van der Waals surface area contributed by atoms with Crippen molar-refractivity contribution >= 4 is 0 Å². The van der Waals surface area contributed by atoms with Gasteiger partial charge >= 0.3 is 0 Å². The smallest absolute Gasteiger partial charge is 0.124 e. The minimum Gasteiger partial charge on any atom is -0.491 e. The van der Waals surface area contributed by atoms with Crippen LogP contribution in [0.2, 0.25) is 0 Å². The van der Waals surface area contributed by atoms with Gasteiger partial charge in [0.25, 0.3) is 0 Å². The van der Waals surface area contributed by atoms with E-state index in [-0.39, 0.29) is 6.04 Å². The van der Waals surface area contributed by atoms with E-state index in [1.54, 1.807) is 7.11 Å². The summed E-state index contributed by atoms with van der Waals surface area (Å²) in [5.74, 6) is 0.839. The van der Waals surface area contributed by atoms with Gasteiger partial charge in [-0.25, -0.2) is 0 Å². The second-order valence-corrected chi connectivity index (χ2v) is 4.28. The predicted octanol–water partition coefficient (Wildman–Crippen LogP) is 2.06. The van der Waals surface area contributed by atoms with Gasteiger partial charge in [0.2, 0.25) is 0 Å². The molecule has 0 heterocycles. The molecule has 0 aromatic heterocycles. The van der Waals surface area contributed by atoms with Crippen LogP contribution in [-0.2, 0) is 9.47 Å². The van der Waals surface area contributed by atoms with E-state index in [1.165, 1.54) is 5.56 Å². The molecule has 4 nitrogen and oxygen atoms in total. The summed E-state index contributed by atoms with van der Waals surface area (Å²) in [6, 6.07) is 6.01. The van der Waals surface area contributed by atoms with Crippen molar-refractivity contribution in [2.24, 2.45) is 5.73 Å². The van der Waals surface area contributed by atoms with E-state index in [0.717, 1.165) is 11.3 Å². The Balaban J connectivity index is 2.42. The van der Waals surface area contributed by atoms with Crippen molar-refractivity contribution < 1.29 is 14.2 Å². The molecule has 1 atom stereocenters. The van der Waals surface area contributed by atoms with Gasteiger partial charge in [0.15, 0.2) is 0 Å². The molecule has 0 aliphatic carbocycles. The van der Waals surface area contributed by atoms with Crippen LogP contribution in [0.4, 0.5) is 0 Å². The van der Waals surface area contributed by atoms with E-state index >= 15 is 0 Å². The number of benzene rings is 1. The van der Waals surface area contributed by atoms with Crippen LogP contribution in [0.1, 0.15) is 24.1 Å². The molecule has 1 rings (SSSR count). The predicted molar refractivity (Wildman–Crippen MR) is 72.0 cm³/mol. The molecule has 0 spiro atoms. The van der Waals surface area contributed by atoms with Crippen molar-refractivity contribution in [3.8, 4) is 5.75 Å². The normalized spacial score (nSPS) is 12.4. The topological polar surface area (TPSA) is 53.7 Å². The first kappa shape index (κ1) is 15.0. The molecule has 0 fully saturated rings. The zero-order valence-corrected chi connectivity index (χ0v) is 11.4. The van der Waals surface area contributed by atoms with Crippen LogP contribution in [0.15, 0.2) is 18.2 Å². The van der Waals surface area contributed by atoms with Gasteiger partial charge in [0.1, 0.15) is 12.4 Å². The van der Waals surface area contributed by atoms with Crippen LogP contribution in [0.5, 0.6) is 5.75 Å². The second kappa shape index (κ2) is 8.08. The van der Waals surface area contributed by atoms with E-state index in [1.807, 2.05) is 26.0 Å². The average Bonchev–Trinajstić information content (AvgIpc) is 2.35. The highest BCUT2D eigenvalue weighted by Crippen LogP contribution is 2.24. The molecule has 0 aliphatic heterocycles. The number of hydrogen-bond donors (Lipinski definition) is 1. The Morgan fingerprint density at radius 2 is 1.89 bits per heavy atom. The minimum atomic E-state index is -0.0330. The third-order valence-corrected chi connectivity index (χ3v) is 2.57. The summed E-state index contributed by atoms with van der Waals surface area (Å²) in [6.07, 6.45) is 0. The van der Waals surface area contributed by atoms with Crippen molar-refractivity contribution in [3.05, 3.63) is 29.3 Å². The maximum absolute atomic E-state index is 5.93. The summed E-state index contributed by atoms with van der Waals surface area (Å²) < 4.78 is 15.9. The Kier molecular flexibility index (Phi) is 6.72. The van der Waals surface area contributed by atoms with Gasteiger partial charge in [-0.15, -0.1) is 0 Å². The van der Waals surface area contributed by atoms with Gasteiger partial charge in [0, 0.05) is 18.7 Å². The molecular formula is C14H23NO3. The second-order valence-electron chi connectivity index (χ2n) is 4.28. The Morgan fingerprint density at radius 1 is 1.17 bits per heavy atom. The first-order valence-electron chi connectivity index (χ1n) is 6.20. The monoisotopic (exact) mass is 253 g/mol. The standard InChI is InChI=1S/C14H23NO3/c1-11-4-5-14(13(10-11)12(2)15)18-9-8-17-7-6-16-3/h4-5,10,12H,6-9,15H2,1-3H3. The van der Waals surface area contributed by atoms with E-state index in [2.05, 4.69) is 6.07 Å². The summed E-state index contributed by atoms with van der Waals surface area (Å²) in [7, 11) is 1.65. The van der Waals surface area contributed by atoms with Gasteiger partial charge in [-0.3, -0.25) is 0 Å². The maximum atomic E-state index is 5.93. The molecule has 1 unspecified atom stereocenters. The molecule has 2 N–H and O–H groups in total. The summed E-state index contributed by atoms with van der Waals surface area (Å²) in [5, 5.41) is 0. The van der Waals surface area contributed by atoms with Crippen LogP contribution in [-0.4, -0.2) is 33.5 Å². The summed E-state index contributed by atoms with van der Waals surface area (Å²) >= 11 is 0. The first-order valence-corrected chi connectivity index (χ1v) is 6.20. The summed E-state index contributed by atoms with van der Waals surface area (Å²) in [4.78, 5) is 0. The highest BCUT2D eigenvalue weighted by molar-refractivity contribution is 5.38. The van der Waals surface area contributed by atoms with Crippen molar-refractivity contribution in [2.75, 3.05) is 33.5 Å². The fourth-order valence-electron chi connectivity index (χ4n) is 1.61. The lowest BCUT2D eigenvalue weighted by Crippen LogP contribution is -2.13. The van der Waals surface area contributed by atoms with Crippen molar-refractivity contribution in [2.45, 2.75) is 19.9 Å². The van der Waals surface area contributed by atoms with E-state index < -0.39 is 0 Å². The van der Waals surface area contributed by atoms with Crippen LogP contribution in [0, 0.1) is 6.92 Å². The maximum Gasteiger partial charge on any atom is 0.124 e. The van der Waals surface area contributed by atoms with Crippen molar-refractivity contribution in [1.82, 2.24) is 0 Å². The molecule has 0 radical (unpaired) electrons. The first-order chi connectivity index (χ1) is 8.65. The third kappa shape index (κ3) is 5.04. The molecule has 0 bridgehead atoms. The Labute approximate surface area is 109 Å². The molecule has 4 heteroatoms. The number of methoxy groups -OCH3 is 1.